The van der Waals surface area contributed by atoms with Gasteiger partial charge >= 0.3 is 0 Å². The summed E-state index contributed by atoms with van der Waals surface area (Å²) in [7, 11) is -3.38. The molecule has 1 aromatic rings. The van der Waals surface area contributed by atoms with Crippen molar-refractivity contribution < 1.29 is 13.2 Å². The van der Waals surface area contributed by atoms with Crippen LogP contribution < -0.4 is 5.73 Å². The third-order valence-electron chi connectivity index (χ3n) is 2.64. The highest BCUT2D eigenvalue weighted by atomic mass is 79.9. The zero-order valence-electron chi connectivity index (χ0n) is 11.2. The number of ether oxygens (including phenoxy) is 1. The van der Waals surface area contributed by atoms with Crippen LogP contribution in [0.2, 0.25) is 0 Å². The van der Waals surface area contributed by atoms with Gasteiger partial charge in [-0.15, -0.1) is 0 Å². The number of hydrogen-bond acceptors (Lipinski definition) is 4. The Morgan fingerprint density at radius 2 is 2.00 bits per heavy atom. The molecule has 0 heterocycles. The Labute approximate surface area is 123 Å². The van der Waals surface area contributed by atoms with E-state index in [0.717, 1.165) is 10.9 Å². The van der Waals surface area contributed by atoms with Crippen LogP contribution in [-0.2, 0) is 14.6 Å². The molecule has 0 bridgehead atoms. The summed E-state index contributed by atoms with van der Waals surface area (Å²) in [5.74, 6) is 0.510. The second kappa shape index (κ2) is 7.26. The van der Waals surface area contributed by atoms with Crippen molar-refractivity contribution in [3.8, 4) is 0 Å². The first-order chi connectivity index (χ1) is 8.83. The van der Waals surface area contributed by atoms with Crippen molar-refractivity contribution in [1.82, 2.24) is 0 Å². The fraction of sp³-hybridized carbons (Fsp3) is 0.538. The van der Waals surface area contributed by atoms with E-state index in [-0.39, 0.29) is 22.9 Å². The van der Waals surface area contributed by atoms with E-state index in [0.29, 0.717) is 12.5 Å². The Balaban J connectivity index is 2.56. The van der Waals surface area contributed by atoms with E-state index in [1.54, 1.807) is 12.1 Å². The maximum atomic E-state index is 12.1. The fourth-order valence-electron chi connectivity index (χ4n) is 1.50. The maximum absolute atomic E-state index is 12.1. The van der Waals surface area contributed by atoms with Gasteiger partial charge in [0.25, 0.3) is 0 Å². The highest BCUT2D eigenvalue weighted by Crippen LogP contribution is 2.23. The molecule has 0 fully saturated rings. The van der Waals surface area contributed by atoms with Gasteiger partial charge in [0, 0.05) is 11.1 Å². The molecule has 0 amide bonds. The van der Waals surface area contributed by atoms with E-state index in [2.05, 4.69) is 29.8 Å². The van der Waals surface area contributed by atoms with E-state index in [1.165, 1.54) is 6.07 Å². The van der Waals surface area contributed by atoms with Crippen LogP contribution in [0.5, 0.6) is 0 Å². The third kappa shape index (κ3) is 5.50. The van der Waals surface area contributed by atoms with Gasteiger partial charge in [-0.3, -0.25) is 0 Å². The summed E-state index contributed by atoms with van der Waals surface area (Å²) in [4.78, 5) is 0.170. The van der Waals surface area contributed by atoms with Gasteiger partial charge < -0.3 is 10.5 Å². The second-order valence-corrected chi connectivity index (χ2v) is 7.79. The van der Waals surface area contributed by atoms with Gasteiger partial charge in [0.2, 0.25) is 0 Å². The lowest BCUT2D eigenvalue weighted by atomic mass is 10.1. The molecule has 1 aromatic carbocycles. The number of sulfone groups is 1. The fourth-order valence-corrected chi connectivity index (χ4v) is 3.13. The molecule has 2 N–H and O–H groups in total. The topological polar surface area (TPSA) is 69.4 Å². The molecule has 0 radical (unpaired) electrons. The molecule has 1 rings (SSSR count). The van der Waals surface area contributed by atoms with E-state index in [4.69, 9.17) is 10.5 Å². The zero-order valence-corrected chi connectivity index (χ0v) is 13.6. The average molecular weight is 350 g/mol. The van der Waals surface area contributed by atoms with Crippen LogP contribution in [0.4, 0.5) is 5.69 Å². The Morgan fingerprint density at radius 1 is 1.32 bits per heavy atom. The Bertz CT molecular complexity index is 515. The Morgan fingerprint density at radius 3 is 2.58 bits per heavy atom. The predicted molar refractivity (Wildman–Crippen MR) is 80.9 cm³/mol. The molecule has 4 nitrogen and oxygen atoms in total. The number of nitrogens with two attached hydrogens (primary N) is 1. The standard InChI is InChI=1S/C13H20BrNO3S/c1-10(2)5-6-18-7-8-19(16,17)13-4-3-11(14)9-12(13)15/h3-4,9-10H,5-8,15H2,1-2H3. The first-order valence-corrected chi connectivity index (χ1v) is 8.63. The van der Waals surface area contributed by atoms with Gasteiger partial charge in [0.05, 0.1) is 22.9 Å². The molecular formula is C13H20BrNO3S. The summed E-state index contributed by atoms with van der Waals surface area (Å²) >= 11 is 3.25. The minimum Gasteiger partial charge on any atom is -0.398 e. The Kier molecular flexibility index (Phi) is 6.29. The molecule has 0 unspecified atom stereocenters. The first-order valence-electron chi connectivity index (χ1n) is 6.18. The number of nitrogen functional groups attached to an aromatic ring is 1. The van der Waals surface area contributed by atoms with Crippen LogP contribution in [-0.4, -0.2) is 27.4 Å². The number of benzene rings is 1. The van der Waals surface area contributed by atoms with Gasteiger partial charge in [0.1, 0.15) is 0 Å². The van der Waals surface area contributed by atoms with E-state index in [9.17, 15) is 8.42 Å². The van der Waals surface area contributed by atoms with Gasteiger partial charge in [-0.25, -0.2) is 8.42 Å². The molecule has 0 atom stereocenters. The van der Waals surface area contributed by atoms with Gasteiger partial charge in [-0.2, -0.15) is 0 Å². The molecule has 0 saturated carbocycles. The molecule has 108 valence electrons. The van der Waals surface area contributed by atoms with E-state index < -0.39 is 9.84 Å². The predicted octanol–water partition coefficient (Wildman–Crippen LogP) is 2.87. The van der Waals surface area contributed by atoms with Crippen molar-refractivity contribution in [3.63, 3.8) is 0 Å². The highest BCUT2D eigenvalue weighted by molar-refractivity contribution is 9.10. The molecule has 0 aliphatic heterocycles. The minimum absolute atomic E-state index is 0.0447. The molecule has 0 spiro atoms. The third-order valence-corrected chi connectivity index (χ3v) is 4.88. The molecule has 6 heteroatoms. The molecule has 19 heavy (non-hydrogen) atoms. The average Bonchev–Trinajstić information content (AvgIpc) is 2.27. The SMILES string of the molecule is CC(C)CCOCCS(=O)(=O)c1ccc(Br)cc1N. The lowest BCUT2D eigenvalue weighted by Gasteiger charge is -2.09. The van der Waals surface area contributed by atoms with Crippen LogP contribution in [0.15, 0.2) is 27.6 Å². The van der Waals surface area contributed by atoms with Crippen LogP contribution in [0.25, 0.3) is 0 Å². The van der Waals surface area contributed by atoms with Gasteiger partial charge in [-0.1, -0.05) is 29.8 Å². The lowest BCUT2D eigenvalue weighted by molar-refractivity contribution is 0.137. The quantitative estimate of drug-likeness (QED) is 0.606. The number of halogens is 1. The highest BCUT2D eigenvalue weighted by Gasteiger charge is 2.17. The first kappa shape index (κ1) is 16.5. The summed E-state index contributed by atoms with van der Waals surface area (Å²) in [6.07, 6.45) is 0.931. The van der Waals surface area contributed by atoms with E-state index >= 15 is 0 Å². The van der Waals surface area contributed by atoms with Crippen molar-refractivity contribution in [2.24, 2.45) is 5.92 Å². The second-order valence-electron chi connectivity index (χ2n) is 4.80. The smallest absolute Gasteiger partial charge is 0.182 e. The normalized spacial score (nSPS) is 12.0. The summed E-state index contributed by atoms with van der Waals surface area (Å²) in [5.41, 5.74) is 5.99. The molecule has 0 aliphatic rings. The maximum Gasteiger partial charge on any atom is 0.182 e. The van der Waals surface area contributed by atoms with Crippen molar-refractivity contribution in [3.05, 3.63) is 22.7 Å². The van der Waals surface area contributed by atoms with Crippen molar-refractivity contribution in [2.75, 3.05) is 24.7 Å². The molecule has 0 saturated heterocycles. The summed E-state index contributed by atoms with van der Waals surface area (Å²) in [6.45, 7) is 4.98. The van der Waals surface area contributed by atoms with Crippen LogP contribution >= 0.6 is 15.9 Å². The lowest BCUT2D eigenvalue weighted by Crippen LogP contribution is -2.15. The van der Waals surface area contributed by atoms with E-state index in [1.807, 2.05) is 0 Å². The van der Waals surface area contributed by atoms with Crippen LogP contribution in [0.3, 0.4) is 0 Å². The minimum atomic E-state index is -3.38. The monoisotopic (exact) mass is 349 g/mol. The van der Waals surface area contributed by atoms with Gasteiger partial charge in [0.15, 0.2) is 9.84 Å². The molecule has 0 aromatic heterocycles. The molecule has 0 aliphatic carbocycles. The van der Waals surface area contributed by atoms with Crippen molar-refractivity contribution >= 4 is 31.5 Å². The van der Waals surface area contributed by atoms with Crippen LogP contribution in [0, 0.1) is 5.92 Å². The summed E-state index contributed by atoms with van der Waals surface area (Å²) in [6, 6.07) is 4.78. The number of anilines is 1. The van der Waals surface area contributed by atoms with Crippen molar-refractivity contribution in [2.45, 2.75) is 25.2 Å². The largest absolute Gasteiger partial charge is 0.398 e. The summed E-state index contributed by atoms with van der Waals surface area (Å²) < 4.78 is 30.3. The molecular weight excluding hydrogens is 330 g/mol. The summed E-state index contributed by atoms with van der Waals surface area (Å²) in [5, 5.41) is 0. The Hall–Kier alpha value is -0.590. The van der Waals surface area contributed by atoms with Crippen LogP contribution in [0.1, 0.15) is 20.3 Å². The van der Waals surface area contributed by atoms with Gasteiger partial charge in [-0.05, 0) is 30.5 Å². The van der Waals surface area contributed by atoms with Crippen molar-refractivity contribution in [1.29, 1.82) is 0 Å². The number of rotatable bonds is 7. The zero-order chi connectivity index (χ0) is 14.5. The number of hydrogen-bond donors (Lipinski definition) is 1.